The molecule has 0 bridgehead atoms. The van der Waals surface area contributed by atoms with Crippen molar-refractivity contribution < 1.29 is 13.5 Å². The zero-order valence-electron chi connectivity index (χ0n) is 8.01. The van der Waals surface area contributed by atoms with Gasteiger partial charge in [-0.1, -0.05) is 6.07 Å². The van der Waals surface area contributed by atoms with Gasteiger partial charge >= 0.3 is 0 Å². The van der Waals surface area contributed by atoms with Gasteiger partial charge in [-0.2, -0.15) is 4.39 Å². The second kappa shape index (κ2) is 3.81. The van der Waals surface area contributed by atoms with Crippen LogP contribution in [-0.4, -0.2) is 14.5 Å². The molecule has 5 heteroatoms. The van der Waals surface area contributed by atoms with Crippen LogP contribution in [0.1, 0.15) is 6.92 Å². The molecule has 76 valence electrons. The number of thiophene rings is 1. The molecule has 2 radical (unpaired) electrons. The average molecular weight is 224 g/mol. The summed E-state index contributed by atoms with van der Waals surface area (Å²) in [6.07, 6.45) is 0. The van der Waals surface area contributed by atoms with E-state index in [4.69, 9.17) is 12.6 Å². The van der Waals surface area contributed by atoms with E-state index in [9.17, 15) is 8.78 Å². The van der Waals surface area contributed by atoms with Crippen LogP contribution in [0.15, 0.2) is 12.1 Å². The molecule has 0 saturated heterocycles. The largest absolute Gasteiger partial charge is 0.491 e. The Morgan fingerprint density at radius 3 is 2.73 bits per heavy atom. The molecule has 1 heterocycles. The van der Waals surface area contributed by atoms with E-state index in [-0.39, 0.29) is 10.4 Å². The first-order valence-electron chi connectivity index (χ1n) is 4.43. The number of ether oxygens (including phenoxy) is 1. The Morgan fingerprint density at radius 2 is 2.07 bits per heavy atom. The van der Waals surface area contributed by atoms with Crippen molar-refractivity contribution in [2.75, 3.05) is 6.61 Å². The van der Waals surface area contributed by atoms with Gasteiger partial charge in [-0.25, -0.2) is 4.39 Å². The first-order valence-corrected chi connectivity index (χ1v) is 5.25. The summed E-state index contributed by atoms with van der Waals surface area (Å²) in [6, 6.07) is 3.06. The average Bonchev–Trinajstić information content (AvgIpc) is 2.56. The van der Waals surface area contributed by atoms with Crippen LogP contribution in [-0.2, 0) is 0 Å². The molecule has 2 rings (SSSR count). The lowest BCUT2D eigenvalue weighted by atomic mass is 10.1. The van der Waals surface area contributed by atoms with E-state index < -0.39 is 11.6 Å². The van der Waals surface area contributed by atoms with E-state index >= 15 is 0 Å². The fourth-order valence-corrected chi connectivity index (χ4v) is 2.21. The summed E-state index contributed by atoms with van der Waals surface area (Å²) in [4.78, 5) is 0. The van der Waals surface area contributed by atoms with Gasteiger partial charge in [0.2, 0.25) is 5.82 Å². The van der Waals surface area contributed by atoms with Crippen LogP contribution >= 0.6 is 11.3 Å². The number of benzene rings is 1. The minimum absolute atomic E-state index is 0.0692. The Bertz CT molecular complexity index is 510. The molecule has 0 saturated carbocycles. The summed E-state index contributed by atoms with van der Waals surface area (Å²) in [5, 5.41) is 0.569. The lowest BCUT2D eigenvalue weighted by Gasteiger charge is -2.05. The third-order valence-corrected chi connectivity index (χ3v) is 2.95. The molecule has 0 atom stereocenters. The van der Waals surface area contributed by atoms with E-state index in [1.165, 1.54) is 6.07 Å². The van der Waals surface area contributed by atoms with E-state index in [0.717, 1.165) is 11.3 Å². The highest BCUT2D eigenvalue weighted by molar-refractivity contribution is 7.26. The lowest BCUT2D eigenvalue weighted by molar-refractivity contribution is 0.315. The molecule has 0 N–H and O–H groups in total. The van der Waals surface area contributed by atoms with Gasteiger partial charge in [-0.15, -0.1) is 11.3 Å². The summed E-state index contributed by atoms with van der Waals surface area (Å²) in [5.41, 5.74) is 0. The van der Waals surface area contributed by atoms with Crippen molar-refractivity contribution in [3.8, 4) is 5.75 Å². The Morgan fingerprint density at radius 1 is 1.33 bits per heavy atom. The predicted molar refractivity (Wildman–Crippen MR) is 58.3 cm³/mol. The molecule has 1 aromatic heterocycles. The molecule has 0 aliphatic heterocycles. The molecular formula is C10H7BF2OS. The van der Waals surface area contributed by atoms with Crippen molar-refractivity contribution in [1.29, 1.82) is 0 Å². The van der Waals surface area contributed by atoms with Crippen LogP contribution in [0.3, 0.4) is 0 Å². The summed E-state index contributed by atoms with van der Waals surface area (Å²) in [7, 11) is 5.52. The summed E-state index contributed by atoms with van der Waals surface area (Å²) < 4.78 is 32.6. The van der Waals surface area contributed by atoms with Crippen LogP contribution in [0.25, 0.3) is 10.1 Å². The molecule has 0 spiro atoms. The fourth-order valence-electron chi connectivity index (χ4n) is 1.38. The molecule has 1 nitrogen and oxygen atoms in total. The normalized spacial score (nSPS) is 10.9. The monoisotopic (exact) mass is 224 g/mol. The maximum absolute atomic E-state index is 13.5. The Kier molecular flexibility index (Phi) is 2.65. The van der Waals surface area contributed by atoms with Gasteiger partial charge in [0.15, 0.2) is 11.6 Å². The molecule has 0 aliphatic carbocycles. The minimum Gasteiger partial charge on any atom is -0.491 e. The van der Waals surface area contributed by atoms with Crippen LogP contribution in [0, 0.1) is 11.6 Å². The second-order valence-electron chi connectivity index (χ2n) is 3.00. The van der Waals surface area contributed by atoms with Crippen molar-refractivity contribution in [2.24, 2.45) is 0 Å². The Labute approximate surface area is 91.1 Å². The number of fused-ring (bicyclic) bond motifs is 1. The third kappa shape index (κ3) is 1.72. The van der Waals surface area contributed by atoms with E-state index in [1.807, 2.05) is 0 Å². The highest BCUT2D eigenvalue weighted by Gasteiger charge is 2.15. The summed E-state index contributed by atoms with van der Waals surface area (Å²) in [5.74, 6) is -1.91. The number of hydrogen-bond donors (Lipinski definition) is 0. The van der Waals surface area contributed by atoms with Gasteiger partial charge in [0, 0.05) is 0 Å². The molecule has 15 heavy (non-hydrogen) atoms. The highest BCUT2D eigenvalue weighted by atomic mass is 32.1. The Balaban J connectivity index is 2.70. The molecule has 2 aromatic rings. The lowest BCUT2D eigenvalue weighted by Crippen LogP contribution is -1.96. The molecule has 0 unspecified atom stereocenters. The number of halogens is 2. The predicted octanol–water partition coefficient (Wildman–Crippen LogP) is 2.37. The van der Waals surface area contributed by atoms with Gasteiger partial charge in [0.1, 0.15) is 7.85 Å². The fraction of sp³-hybridized carbons (Fsp3) is 0.200. The highest BCUT2D eigenvalue weighted by Crippen LogP contribution is 2.30. The number of rotatable bonds is 2. The van der Waals surface area contributed by atoms with Gasteiger partial charge in [0.05, 0.1) is 11.3 Å². The van der Waals surface area contributed by atoms with Crippen LogP contribution in [0.2, 0.25) is 0 Å². The molecular weight excluding hydrogens is 217 g/mol. The molecule has 0 amide bonds. The minimum atomic E-state index is -0.953. The van der Waals surface area contributed by atoms with E-state index in [1.54, 1.807) is 13.0 Å². The maximum atomic E-state index is 13.5. The van der Waals surface area contributed by atoms with Crippen molar-refractivity contribution in [1.82, 2.24) is 0 Å². The standard InChI is InChI=1S/C10H7BF2OS/c1-2-14-6-3-5-4-7(11)15-10(5)9(13)8(6)12/h3-4H,2H2,1H3. The zero-order chi connectivity index (χ0) is 11.0. The topological polar surface area (TPSA) is 9.23 Å². The van der Waals surface area contributed by atoms with Crippen molar-refractivity contribution >= 4 is 34.0 Å². The van der Waals surface area contributed by atoms with Crippen molar-refractivity contribution in [2.45, 2.75) is 6.92 Å². The maximum Gasteiger partial charge on any atom is 0.202 e. The van der Waals surface area contributed by atoms with Gasteiger partial charge in [-0.3, -0.25) is 0 Å². The van der Waals surface area contributed by atoms with E-state index in [2.05, 4.69) is 0 Å². The van der Waals surface area contributed by atoms with Crippen LogP contribution in [0.4, 0.5) is 8.78 Å². The molecule has 0 aliphatic rings. The zero-order valence-corrected chi connectivity index (χ0v) is 8.83. The third-order valence-electron chi connectivity index (χ3n) is 1.97. The van der Waals surface area contributed by atoms with Crippen LogP contribution in [0.5, 0.6) is 5.75 Å². The van der Waals surface area contributed by atoms with Crippen molar-refractivity contribution in [3.63, 3.8) is 0 Å². The smallest absolute Gasteiger partial charge is 0.202 e. The first kappa shape index (κ1) is 10.4. The Hall–Kier alpha value is -1.10. The van der Waals surface area contributed by atoms with Gasteiger partial charge in [0.25, 0.3) is 0 Å². The van der Waals surface area contributed by atoms with E-state index in [0.29, 0.717) is 16.8 Å². The summed E-state index contributed by atoms with van der Waals surface area (Å²) in [6.45, 7) is 2.00. The quantitative estimate of drug-likeness (QED) is 0.711. The van der Waals surface area contributed by atoms with Crippen molar-refractivity contribution in [3.05, 3.63) is 23.8 Å². The molecule has 0 fully saturated rings. The first-order chi connectivity index (χ1) is 7.13. The second-order valence-corrected chi connectivity index (χ2v) is 4.09. The van der Waals surface area contributed by atoms with Crippen LogP contribution < -0.4 is 9.51 Å². The molecule has 1 aromatic carbocycles. The van der Waals surface area contributed by atoms with Gasteiger partial charge in [-0.05, 0) is 23.2 Å². The van der Waals surface area contributed by atoms with Gasteiger partial charge < -0.3 is 4.74 Å². The SMILES string of the molecule is [B]c1cc2cc(OCC)c(F)c(F)c2s1. The summed E-state index contributed by atoms with van der Waals surface area (Å²) >= 11 is 1.03. The number of hydrogen-bond acceptors (Lipinski definition) is 2.